The zero-order chi connectivity index (χ0) is 12.1. The fourth-order valence-electron chi connectivity index (χ4n) is 1.39. The normalized spacial score (nSPS) is 10.5. The summed E-state index contributed by atoms with van der Waals surface area (Å²) in [7, 11) is 0. The first-order valence-electron chi connectivity index (χ1n) is 5.01. The van der Waals surface area contributed by atoms with Crippen molar-refractivity contribution in [2.75, 3.05) is 5.32 Å². The van der Waals surface area contributed by atoms with Crippen LogP contribution < -0.4 is 10.1 Å². The molecule has 0 amide bonds. The van der Waals surface area contributed by atoms with Crippen LogP contribution in [0.5, 0.6) is 5.75 Å². The molecule has 0 unspecified atom stereocenters. The van der Waals surface area contributed by atoms with Crippen LogP contribution in [0.3, 0.4) is 0 Å². The van der Waals surface area contributed by atoms with Gasteiger partial charge in [0.25, 0.3) is 0 Å². The number of aromatic nitrogens is 2. The van der Waals surface area contributed by atoms with Gasteiger partial charge in [-0.3, -0.25) is 0 Å². The van der Waals surface area contributed by atoms with Gasteiger partial charge < -0.3 is 15.0 Å². The van der Waals surface area contributed by atoms with E-state index in [1.807, 2.05) is 0 Å². The van der Waals surface area contributed by atoms with Gasteiger partial charge in [0.15, 0.2) is 0 Å². The number of hydrogen-bond donors (Lipinski definition) is 2. The van der Waals surface area contributed by atoms with E-state index in [-0.39, 0.29) is 5.75 Å². The Bertz CT molecular complexity index is 459. The first kappa shape index (κ1) is 11.4. The minimum atomic E-state index is -2.83. The summed E-state index contributed by atoms with van der Waals surface area (Å²) in [5, 5.41) is 2.97. The minimum absolute atomic E-state index is 0.119. The first-order chi connectivity index (χ1) is 8.25. The molecule has 0 saturated carbocycles. The number of H-pyrrole nitrogens is 1. The number of hydrogen-bond acceptors (Lipinski definition) is 3. The molecular weight excluding hydrogens is 228 g/mol. The van der Waals surface area contributed by atoms with Crippen molar-refractivity contribution in [3.63, 3.8) is 0 Å². The van der Waals surface area contributed by atoms with Crippen LogP contribution in [0.15, 0.2) is 36.7 Å². The molecule has 1 heterocycles. The van der Waals surface area contributed by atoms with E-state index in [1.165, 1.54) is 6.07 Å². The Morgan fingerprint density at radius 1 is 1.35 bits per heavy atom. The van der Waals surface area contributed by atoms with Crippen LogP contribution in [0.25, 0.3) is 0 Å². The number of para-hydroxylation sites is 2. The monoisotopic (exact) mass is 239 g/mol. The Kier molecular flexibility index (Phi) is 3.54. The second-order valence-corrected chi connectivity index (χ2v) is 3.26. The van der Waals surface area contributed by atoms with Crippen molar-refractivity contribution in [3.8, 4) is 5.75 Å². The number of ether oxygens (including phenoxy) is 1. The lowest BCUT2D eigenvalue weighted by Crippen LogP contribution is -2.07. The zero-order valence-corrected chi connectivity index (χ0v) is 8.86. The van der Waals surface area contributed by atoms with Crippen LogP contribution in [0, 0.1) is 0 Å². The van der Waals surface area contributed by atoms with Crippen LogP contribution in [-0.2, 0) is 6.54 Å². The summed E-state index contributed by atoms with van der Waals surface area (Å²) in [6.45, 7) is -2.42. The molecule has 1 aromatic carbocycles. The van der Waals surface area contributed by atoms with E-state index in [2.05, 4.69) is 20.0 Å². The smallest absolute Gasteiger partial charge is 0.387 e. The first-order valence-corrected chi connectivity index (χ1v) is 5.01. The van der Waals surface area contributed by atoms with Gasteiger partial charge in [0.1, 0.15) is 11.6 Å². The molecule has 0 radical (unpaired) electrons. The van der Waals surface area contributed by atoms with Gasteiger partial charge in [-0.05, 0) is 12.1 Å². The van der Waals surface area contributed by atoms with Crippen molar-refractivity contribution in [2.24, 2.45) is 0 Å². The number of aromatic amines is 1. The standard InChI is InChI=1S/C11H11F2N3O/c12-11(13)17-9-4-2-1-3-8(9)16-7-10-14-5-6-15-10/h1-6,11,16H,7H2,(H,14,15). The summed E-state index contributed by atoms with van der Waals surface area (Å²) in [5.74, 6) is 0.839. The van der Waals surface area contributed by atoms with E-state index < -0.39 is 6.61 Å². The summed E-state index contributed by atoms with van der Waals surface area (Å²) >= 11 is 0. The molecule has 0 fully saturated rings. The molecule has 0 spiro atoms. The molecular formula is C11H11F2N3O. The van der Waals surface area contributed by atoms with Gasteiger partial charge in [-0.15, -0.1) is 0 Å². The molecule has 2 rings (SSSR count). The highest BCUT2D eigenvalue weighted by Gasteiger charge is 2.08. The molecule has 4 nitrogen and oxygen atoms in total. The van der Waals surface area contributed by atoms with E-state index in [0.717, 1.165) is 5.82 Å². The molecule has 2 aromatic rings. The van der Waals surface area contributed by atoms with E-state index in [9.17, 15) is 8.78 Å². The molecule has 17 heavy (non-hydrogen) atoms. The van der Waals surface area contributed by atoms with Crippen molar-refractivity contribution in [1.29, 1.82) is 0 Å². The molecule has 2 N–H and O–H groups in total. The average molecular weight is 239 g/mol. The van der Waals surface area contributed by atoms with Gasteiger partial charge in [0, 0.05) is 12.4 Å². The number of alkyl halides is 2. The maximum absolute atomic E-state index is 12.1. The zero-order valence-electron chi connectivity index (χ0n) is 8.86. The number of benzene rings is 1. The molecule has 1 aromatic heterocycles. The van der Waals surface area contributed by atoms with Gasteiger partial charge >= 0.3 is 6.61 Å². The maximum atomic E-state index is 12.1. The van der Waals surface area contributed by atoms with Gasteiger partial charge in [-0.1, -0.05) is 12.1 Å². The number of nitrogens with zero attached hydrogens (tertiary/aromatic N) is 1. The molecule has 0 saturated heterocycles. The lowest BCUT2D eigenvalue weighted by Gasteiger charge is -2.11. The molecule has 0 aliphatic carbocycles. The Labute approximate surface area is 96.6 Å². The average Bonchev–Trinajstić information content (AvgIpc) is 2.80. The van der Waals surface area contributed by atoms with Gasteiger partial charge in [-0.2, -0.15) is 8.78 Å². The quantitative estimate of drug-likeness (QED) is 0.843. The third-order valence-corrected chi connectivity index (χ3v) is 2.10. The van der Waals surface area contributed by atoms with Crippen LogP contribution in [0.2, 0.25) is 0 Å². The van der Waals surface area contributed by atoms with E-state index >= 15 is 0 Å². The Morgan fingerprint density at radius 3 is 2.88 bits per heavy atom. The minimum Gasteiger partial charge on any atom is -0.433 e. The number of rotatable bonds is 5. The predicted octanol–water partition coefficient (Wildman–Crippen LogP) is 2.62. The molecule has 0 bridgehead atoms. The number of halogens is 2. The van der Waals surface area contributed by atoms with Crippen LogP contribution >= 0.6 is 0 Å². The fourth-order valence-corrected chi connectivity index (χ4v) is 1.39. The Morgan fingerprint density at radius 2 is 2.18 bits per heavy atom. The largest absolute Gasteiger partial charge is 0.433 e. The van der Waals surface area contributed by atoms with Gasteiger partial charge in [0.2, 0.25) is 0 Å². The fraction of sp³-hybridized carbons (Fsp3) is 0.182. The van der Waals surface area contributed by atoms with E-state index in [0.29, 0.717) is 12.2 Å². The predicted molar refractivity (Wildman–Crippen MR) is 59.0 cm³/mol. The summed E-state index contributed by atoms with van der Waals surface area (Å²) in [5.41, 5.74) is 0.504. The lowest BCUT2D eigenvalue weighted by atomic mass is 10.3. The summed E-state index contributed by atoms with van der Waals surface area (Å²) in [6.07, 6.45) is 3.32. The maximum Gasteiger partial charge on any atom is 0.387 e. The van der Waals surface area contributed by atoms with Crippen molar-refractivity contribution >= 4 is 5.69 Å². The molecule has 6 heteroatoms. The SMILES string of the molecule is FC(F)Oc1ccccc1NCc1ncc[nH]1. The van der Waals surface area contributed by atoms with Gasteiger partial charge in [-0.25, -0.2) is 4.98 Å². The van der Waals surface area contributed by atoms with Crippen molar-refractivity contribution < 1.29 is 13.5 Å². The van der Waals surface area contributed by atoms with E-state index in [4.69, 9.17) is 0 Å². The molecule has 0 aliphatic heterocycles. The third kappa shape index (κ3) is 3.17. The molecule has 0 atom stereocenters. The summed E-state index contributed by atoms with van der Waals surface area (Å²) < 4.78 is 28.7. The van der Waals surface area contributed by atoms with E-state index in [1.54, 1.807) is 30.6 Å². The lowest BCUT2D eigenvalue weighted by molar-refractivity contribution is -0.0493. The summed E-state index contributed by atoms with van der Waals surface area (Å²) in [6, 6.07) is 6.52. The second kappa shape index (κ2) is 5.29. The number of imidazole rings is 1. The van der Waals surface area contributed by atoms with Crippen molar-refractivity contribution in [3.05, 3.63) is 42.5 Å². The Hall–Kier alpha value is -2.11. The number of anilines is 1. The highest BCUT2D eigenvalue weighted by Crippen LogP contribution is 2.25. The van der Waals surface area contributed by atoms with Crippen LogP contribution in [0.1, 0.15) is 5.82 Å². The highest BCUT2D eigenvalue weighted by atomic mass is 19.3. The van der Waals surface area contributed by atoms with Crippen molar-refractivity contribution in [2.45, 2.75) is 13.2 Å². The second-order valence-electron chi connectivity index (χ2n) is 3.26. The van der Waals surface area contributed by atoms with Crippen LogP contribution in [0.4, 0.5) is 14.5 Å². The topological polar surface area (TPSA) is 49.9 Å². The highest BCUT2D eigenvalue weighted by molar-refractivity contribution is 5.56. The molecule has 0 aliphatic rings. The van der Waals surface area contributed by atoms with Crippen LogP contribution in [-0.4, -0.2) is 16.6 Å². The molecule has 90 valence electrons. The summed E-state index contributed by atoms with van der Waals surface area (Å²) in [4.78, 5) is 6.92. The number of nitrogens with one attached hydrogen (secondary N) is 2. The third-order valence-electron chi connectivity index (χ3n) is 2.10. The van der Waals surface area contributed by atoms with Crippen molar-refractivity contribution in [1.82, 2.24) is 9.97 Å². The Balaban J connectivity index is 2.04. The van der Waals surface area contributed by atoms with Gasteiger partial charge in [0.05, 0.1) is 12.2 Å².